The molecule has 0 radical (unpaired) electrons. The SMILES string of the molecule is Fc1cc(Br)ccc1CNC1(CCl)CCOCC1. The van der Waals surface area contributed by atoms with Gasteiger partial charge in [0, 0.05) is 41.2 Å². The van der Waals surface area contributed by atoms with Crippen molar-refractivity contribution in [2.45, 2.75) is 24.9 Å². The second-order valence-corrected chi connectivity index (χ2v) is 5.80. The highest BCUT2D eigenvalue weighted by Crippen LogP contribution is 2.23. The highest BCUT2D eigenvalue weighted by Gasteiger charge is 2.31. The van der Waals surface area contributed by atoms with E-state index in [1.165, 1.54) is 6.07 Å². The zero-order chi connectivity index (χ0) is 13.0. The average Bonchev–Trinajstić information content (AvgIpc) is 2.39. The number of benzene rings is 1. The molecule has 1 aromatic carbocycles. The van der Waals surface area contributed by atoms with E-state index in [1.54, 1.807) is 6.07 Å². The molecule has 1 aromatic rings. The van der Waals surface area contributed by atoms with Gasteiger partial charge in [-0.25, -0.2) is 4.39 Å². The molecule has 0 aliphatic carbocycles. The third kappa shape index (κ3) is 3.44. The summed E-state index contributed by atoms with van der Waals surface area (Å²) in [6.45, 7) is 1.91. The first-order chi connectivity index (χ1) is 8.65. The quantitative estimate of drug-likeness (QED) is 0.850. The van der Waals surface area contributed by atoms with Gasteiger partial charge in [0.05, 0.1) is 0 Å². The summed E-state index contributed by atoms with van der Waals surface area (Å²) in [6.07, 6.45) is 1.74. The van der Waals surface area contributed by atoms with Crippen molar-refractivity contribution >= 4 is 27.5 Å². The molecule has 5 heteroatoms. The number of halogens is 3. The van der Waals surface area contributed by atoms with E-state index >= 15 is 0 Å². The van der Waals surface area contributed by atoms with Crippen molar-refractivity contribution in [1.82, 2.24) is 5.32 Å². The Morgan fingerprint density at radius 3 is 2.72 bits per heavy atom. The summed E-state index contributed by atoms with van der Waals surface area (Å²) in [6, 6.07) is 5.11. The molecule has 0 spiro atoms. The molecule has 1 heterocycles. The van der Waals surface area contributed by atoms with Gasteiger partial charge in [-0.05, 0) is 25.0 Å². The summed E-state index contributed by atoms with van der Waals surface area (Å²) in [5.74, 6) is 0.322. The molecule has 2 rings (SSSR count). The Balaban J connectivity index is 2.01. The van der Waals surface area contributed by atoms with E-state index in [9.17, 15) is 4.39 Å². The zero-order valence-corrected chi connectivity index (χ0v) is 12.4. The molecule has 0 bridgehead atoms. The van der Waals surface area contributed by atoms with E-state index in [2.05, 4.69) is 21.2 Å². The maximum atomic E-state index is 13.7. The minimum atomic E-state index is -0.200. The summed E-state index contributed by atoms with van der Waals surface area (Å²) in [5.41, 5.74) is 0.536. The lowest BCUT2D eigenvalue weighted by atomic mass is 9.92. The lowest BCUT2D eigenvalue weighted by molar-refractivity contribution is 0.0458. The largest absolute Gasteiger partial charge is 0.381 e. The molecule has 0 amide bonds. The highest BCUT2D eigenvalue weighted by molar-refractivity contribution is 9.10. The first-order valence-electron chi connectivity index (χ1n) is 5.98. The molecule has 0 unspecified atom stereocenters. The normalized spacial score (nSPS) is 18.8. The van der Waals surface area contributed by atoms with Gasteiger partial charge in [-0.2, -0.15) is 0 Å². The van der Waals surface area contributed by atoms with Crippen molar-refractivity contribution in [3.63, 3.8) is 0 Å². The van der Waals surface area contributed by atoms with E-state index in [1.807, 2.05) is 6.07 Å². The fourth-order valence-corrected chi connectivity index (χ4v) is 2.76. The second kappa shape index (κ2) is 6.33. The van der Waals surface area contributed by atoms with Crippen molar-refractivity contribution in [3.05, 3.63) is 34.1 Å². The Morgan fingerprint density at radius 1 is 1.39 bits per heavy atom. The number of nitrogens with one attached hydrogen (secondary N) is 1. The molecule has 100 valence electrons. The summed E-state index contributed by atoms with van der Waals surface area (Å²) < 4.78 is 19.8. The molecule has 1 N–H and O–H groups in total. The first kappa shape index (κ1) is 14.3. The van der Waals surface area contributed by atoms with E-state index in [0.717, 1.165) is 17.3 Å². The number of hydrogen-bond donors (Lipinski definition) is 1. The fourth-order valence-electron chi connectivity index (χ4n) is 2.07. The maximum absolute atomic E-state index is 13.7. The Bertz CT molecular complexity index is 410. The first-order valence-corrected chi connectivity index (χ1v) is 7.31. The van der Waals surface area contributed by atoms with Crippen LogP contribution in [0.15, 0.2) is 22.7 Å². The van der Waals surface area contributed by atoms with Crippen LogP contribution in [0.2, 0.25) is 0 Å². The lowest BCUT2D eigenvalue weighted by Gasteiger charge is -2.36. The van der Waals surface area contributed by atoms with E-state index in [4.69, 9.17) is 16.3 Å². The van der Waals surface area contributed by atoms with Crippen molar-refractivity contribution in [3.8, 4) is 0 Å². The van der Waals surface area contributed by atoms with Crippen LogP contribution in [-0.4, -0.2) is 24.6 Å². The van der Waals surface area contributed by atoms with Gasteiger partial charge in [0.2, 0.25) is 0 Å². The van der Waals surface area contributed by atoms with E-state index in [-0.39, 0.29) is 11.4 Å². The van der Waals surface area contributed by atoms with Crippen molar-refractivity contribution in [2.75, 3.05) is 19.1 Å². The molecule has 0 saturated carbocycles. The van der Waals surface area contributed by atoms with Crippen LogP contribution in [0.1, 0.15) is 18.4 Å². The van der Waals surface area contributed by atoms with Gasteiger partial charge < -0.3 is 10.1 Å². The molecule has 0 aromatic heterocycles. The summed E-state index contributed by atoms with van der Waals surface area (Å²) in [7, 11) is 0. The Labute approximate surface area is 120 Å². The molecule has 1 fully saturated rings. The van der Waals surface area contributed by atoms with Gasteiger partial charge in [0.25, 0.3) is 0 Å². The third-order valence-corrected chi connectivity index (χ3v) is 4.38. The zero-order valence-electron chi connectivity index (χ0n) is 10.0. The van der Waals surface area contributed by atoms with Crippen LogP contribution in [0.25, 0.3) is 0 Å². The number of ether oxygens (including phenoxy) is 1. The van der Waals surface area contributed by atoms with Gasteiger partial charge in [0.15, 0.2) is 0 Å². The standard InChI is InChI=1S/C13H16BrClFNO/c14-11-2-1-10(12(16)7-11)8-17-13(9-15)3-5-18-6-4-13/h1-2,7,17H,3-6,8-9H2. The predicted octanol–water partition coefficient (Wildman–Crippen LogP) is 3.47. The number of alkyl halides is 1. The average molecular weight is 337 g/mol. The smallest absolute Gasteiger partial charge is 0.128 e. The van der Waals surface area contributed by atoms with Crippen molar-refractivity contribution in [1.29, 1.82) is 0 Å². The van der Waals surface area contributed by atoms with Crippen LogP contribution in [0.5, 0.6) is 0 Å². The van der Waals surface area contributed by atoms with Crippen LogP contribution in [0.4, 0.5) is 4.39 Å². The van der Waals surface area contributed by atoms with Gasteiger partial charge in [-0.3, -0.25) is 0 Å². The van der Waals surface area contributed by atoms with E-state index in [0.29, 0.717) is 31.2 Å². The molecule has 2 nitrogen and oxygen atoms in total. The third-order valence-electron chi connectivity index (χ3n) is 3.37. The fraction of sp³-hybridized carbons (Fsp3) is 0.538. The number of rotatable bonds is 4. The van der Waals surface area contributed by atoms with Gasteiger partial charge >= 0.3 is 0 Å². The minimum absolute atomic E-state index is 0.126. The van der Waals surface area contributed by atoms with E-state index < -0.39 is 0 Å². The number of hydrogen-bond acceptors (Lipinski definition) is 2. The van der Waals surface area contributed by atoms with Gasteiger partial charge in [0.1, 0.15) is 5.82 Å². The Hall–Kier alpha value is -0.160. The van der Waals surface area contributed by atoms with Crippen molar-refractivity contribution in [2.24, 2.45) is 0 Å². The topological polar surface area (TPSA) is 21.3 Å². The second-order valence-electron chi connectivity index (χ2n) is 4.62. The minimum Gasteiger partial charge on any atom is -0.381 e. The summed E-state index contributed by atoms with van der Waals surface area (Å²) in [4.78, 5) is 0. The molecule has 18 heavy (non-hydrogen) atoms. The Kier molecular flexibility index (Phi) is 5.01. The van der Waals surface area contributed by atoms with Gasteiger partial charge in [-0.1, -0.05) is 22.0 Å². The lowest BCUT2D eigenvalue weighted by Crippen LogP contribution is -2.50. The monoisotopic (exact) mass is 335 g/mol. The van der Waals surface area contributed by atoms with Crippen LogP contribution in [0.3, 0.4) is 0 Å². The highest BCUT2D eigenvalue weighted by atomic mass is 79.9. The van der Waals surface area contributed by atoms with Crippen molar-refractivity contribution < 1.29 is 9.13 Å². The van der Waals surface area contributed by atoms with Crippen LogP contribution < -0.4 is 5.32 Å². The molecular weight excluding hydrogens is 321 g/mol. The maximum Gasteiger partial charge on any atom is 0.128 e. The predicted molar refractivity (Wildman–Crippen MR) is 74.4 cm³/mol. The molecular formula is C13H16BrClFNO. The summed E-state index contributed by atoms with van der Waals surface area (Å²) in [5, 5.41) is 3.39. The molecule has 1 aliphatic rings. The molecule has 1 saturated heterocycles. The summed E-state index contributed by atoms with van der Waals surface area (Å²) >= 11 is 9.30. The molecule has 0 atom stereocenters. The van der Waals surface area contributed by atoms with Crippen LogP contribution in [0, 0.1) is 5.82 Å². The van der Waals surface area contributed by atoms with Crippen LogP contribution >= 0.6 is 27.5 Å². The molecule has 1 aliphatic heterocycles. The van der Waals surface area contributed by atoms with Crippen LogP contribution in [-0.2, 0) is 11.3 Å². The van der Waals surface area contributed by atoms with Gasteiger partial charge in [-0.15, -0.1) is 11.6 Å². The Morgan fingerprint density at radius 2 is 2.11 bits per heavy atom.